The minimum absolute atomic E-state index is 0.0694. The Morgan fingerprint density at radius 3 is 2.54 bits per heavy atom. The summed E-state index contributed by atoms with van der Waals surface area (Å²) in [5.41, 5.74) is 5.04. The van der Waals surface area contributed by atoms with Crippen LogP contribution >= 0.6 is 0 Å². The molecule has 0 radical (unpaired) electrons. The predicted molar refractivity (Wildman–Crippen MR) is 146 cm³/mol. The van der Waals surface area contributed by atoms with Gasteiger partial charge in [-0.2, -0.15) is 0 Å². The van der Waals surface area contributed by atoms with E-state index in [2.05, 4.69) is 37.0 Å². The summed E-state index contributed by atoms with van der Waals surface area (Å²) >= 11 is 0. The van der Waals surface area contributed by atoms with Crippen molar-refractivity contribution in [1.82, 2.24) is 19.9 Å². The second kappa shape index (κ2) is 8.83. The van der Waals surface area contributed by atoms with Gasteiger partial charge in [0.15, 0.2) is 11.6 Å². The minimum Gasteiger partial charge on any atom is -0.507 e. The molecule has 3 fully saturated rings. The van der Waals surface area contributed by atoms with Crippen LogP contribution in [0.15, 0.2) is 47.0 Å². The summed E-state index contributed by atoms with van der Waals surface area (Å²) in [5.74, 6) is 0.216. The van der Waals surface area contributed by atoms with Gasteiger partial charge < -0.3 is 24.2 Å². The Balaban J connectivity index is 1.10. The number of aromatic hydroxyl groups is 1. The molecule has 3 aromatic heterocycles. The number of carboxylic acids is 1. The van der Waals surface area contributed by atoms with E-state index in [9.17, 15) is 15.0 Å². The lowest BCUT2D eigenvalue weighted by Gasteiger charge is -2.59. The van der Waals surface area contributed by atoms with E-state index >= 15 is 0 Å². The van der Waals surface area contributed by atoms with Gasteiger partial charge in [-0.05, 0) is 62.3 Å². The van der Waals surface area contributed by atoms with Gasteiger partial charge in [0.2, 0.25) is 0 Å². The number of phenols is 1. The molecule has 0 bridgehead atoms. The van der Waals surface area contributed by atoms with Crippen LogP contribution in [0.25, 0.3) is 22.3 Å². The molecule has 1 aliphatic heterocycles. The molecule has 39 heavy (non-hydrogen) atoms. The van der Waals surface area contributed by atoms with E-state index in [1.807, 2.05) is 32.0 Å². The molecule has 1 saturated heterocycles. The highest BCUT2D eigenvalue weighted by Crippen LogP contribution is 2.58. The molecule has 7 rings (SSSR count). The molecule has 9 nitrogen and oxygen atoms in total. The first kappa shape index (κ1) is 24.2. The van der Waals surface area contributed by atoms with E-state index < -0.39 is 11.9 Å². The normalized spacial score (nSPS) is 19.7. The van der Waals surface area contributed by atoms with Gasteiger partial charge >= 0.3 is 5.97 Å². The second-order valence-electron chi connectivity index (χ2n) is 12.1. The Hall–Kier alpha value is -3.88. The number of benzene rings is 1. The Labute approximate surface area is 226 Å². The van der Waals surface area contributed by atoms with Gasteiger partial charge in [-0.25, -0.2) is 0 Å². The Morgan fingerprint density at radius 2 is 1.87 bits per heavy atom. The number of carboxylic acid groups (broad SMARTS) is 1. The van der Waals surface area contributed by atoms with E-state index in [1.54, 1.807) is 12.1 Å². The molecule has 4 aromatic rings. The molecule has 9 heteroatoms. The van der Waals surface area contributed by atoms with Crippen LogP contribution in [0.1, 0.15) is 75.3 Å². The highest BCUT2D eigenvalue weighted by atomic mass is 16.5. The number of hydrogen-bond acceptors (Lipinski definition) is 7. The smallest absolute Gasteiger partial charge is 0.314 e. The van der Waals surface area contributed by atoms with Crippen molar-refractivity contribution in [3.63, 3.8) is 0 Å². The first-order valence-electron chi connectivity index (χ1n) is 13.9. The van der Waals surface area contributed by atoms with Crippen LogP contribution in [-0.2, 0) is 4.79 Å². The number of rotatable bonds is 7. The number of aliphatic carboxylic acids is 1. The molecule has 3 aliphatic rings. The molecule has 2 N–H and O–H groups in total. The molecular formula is C30H33N5O4. The maximum atomic E-state index is 11.7. The highest BCUT2D eigenvalue weighted by molar-refractivity contribution is 5.82. The van der Waals surface area contributed by atoms with Gasteiger partial charge in [0.05, 0.1) is 11.2 Å². The van der Waals surface area contributed by atoms with Gasteiger partial charge in [-0.15, -0.1) is 10.2 Å². The molecule has 2 aliphatic carbocycles. The third kappa shape index (κ3) is 3.89. The Bertz CT molecular complexity index is 1550. The summed E-state index contributed by atoms with van der Waals surface area (Å²) in [6.45, 7) is 5.59. The lowest BCUT2D eigenvalue weighted by molar-refractivity contribution is -0.140. The zero-order valence-corrected chi connectivity index (χ0v) is 22.2. The fourth-order valence-corrected chi connectivity index (χ4v) is 6.91. The number of para-hydroxylation sites is 1. The van der Waals surface area contributed by atoms with E-state index in [1.165, 1.54) is 25.0 Å². The number of hydrogen-bond donors (Lipinski definition) is 2. The summed E-state index contributed by atoms with van der Waals surface area (Å²) in [5, 5.41) is 33.2. The van der Waals surface area contributed by atoms with Crippen LogP contribution in [0.3, 0.4) is 0 Å². The van der Waals surface area contributed by atoms with Crippen LogP contribution in [0.2, 0.25) is 0 Å². The van der Waals surface area contributed by atoms with Crippen molar-refractivity contribution in [3.05, 3.63) is 53.9 Å². The third-order valence-corrected chi connectivity index (χ3v) is 9.15. The van der Waals surface area contributed by atoms with Crippen molar-refractivity contribution >= 4 is 22.8 Å². The van der Waals surface area contributed by atoms with Crippen LogP contribution < -0.4 is 4.90 Å². The number of anilines is 1. The molecule has 1 aromatic carbocycles. The predicted octanol–water partition coefficient (Wildman–Crippen LogP) is 5.73. The van der Waals surface area contributed by atoms with Crippen molar-refractivity contribution < 1.29 is 19.5 Å². The average Bonchev–Trinajstić information content (AvgIpc) is 3.42. The Morgan fingerprint density at radius 1 is 1.10 bits per heavy atom. The van der Waals surface area contributed by atoms with Crippen LogP contribution in [0.4, 0.5) is 5.82 Å². The molecule has 1 spiro atoms. The van der Waals surface area contributed by atoms with E-state index in [4.69, 9.17) is 4.52 Å². The quantitative estimate of drug-likeness (QED) is 0.313. The van der Waals surface area contributed by atoms with E-state index in [0.29, 0.717) is 29.0 Å². The standard InChI is InChI=1S/C30H33N5O4/c1-17(2)28(29(37)38)26-12-27(33-39-26)34-15-30(16-34)13-18(14-30)23-11-22-24(35(23)19-6-5-7-19)10-21(31-32-22)20-8-3-4-9-25(20)36/h3-4,8-12,17-19,28,36H,5-7,13-16H2,1-2H3,(H,37,38). The fourth-order valence-electron chi connectivity index (χ4n) is 6.91. The zero-order valence-electron chi connectivity index (χ0n) is 22.2. The van der Waals surface area contributed by atoms with Crippen molar-refractivity contribution in [2.75, 3.05) is 18.0 Å². The van der Waals surface area contributed by atoms with Gasteiger partial charge in [-0.1, -0.05) is 31.1 Å². The Kier molecular flexibility index (Phi) is 5.47. The summed E-state index contributed by atoms with van der Waals surface area (Å²) in [4.78, 5) is 13.9. The number of carbonyl (C=O) groups is 1. The van der Waals surface area contributed by atoms with Crippen molar-refractivity contribution in [3.8, 4) is 17.0 Å². The molecule has 2 saturated carbocycles. The summed E-state index contributed by atoms with van der Waals surface area (Å²) in [6.07, 6.45) is 5.83. The number of aromatic nitrogens is 4. The van der Waals surface area contributed by atoms with Gasteiger partial charge in [-0.3, -0.25) is 4.79 Å². The van der Waals surface area contributed by atoms with Gasteiger partial charge in [0, 0.05) is 47.8 Å². The number of fused-ring (bicyclic) bond motifs is 1. The van der Waals surface area contributed by atoms with E-state index in [-0.39, 0.29) is 17.1 Å². The van der Waals surface area contributed by atoms with Crippen LogP contribution in [0, 0.1) is 11.3 Å². The fraction of sp³-hybridized carbons (Fsp3) is 0.467. The highest BCUT2D eigenvalue weighted by Gasteiger charge is 2.54. The van der Waals surface area contributed by atoms with Gasteiger partial charge in [0.1, 0.15) is 17.2 Å². The van der Waals surface area contributed by atoms with E-state index in [0.717, 1.165) is 42.8 Å². The third-order valence-electron chi connectivity index (χ3n) is 9.15. The first-order chi connectivity index (χ1) is 18.8. The monoisotopic (exact) mass is 527 g/mol. The molecule has 1 unspecified atom stereocenters. The zero-order chi connectivity index (χ0) is 26.9. The topological polar surface area (TPSA) is 118 Å². The molecule has 0 amide bonds. The SMILES string of the molecule is CC(C)C(C(=O)O)c1cc(N2CC3(CC(c4cc5nnc(-c6ccccc6O)cc5n4C4CCC4)C3)C2)no1. The number of phenolic OH excluding ortho intramolecular Hbond substituents is 1. The lowest BCUT2D eigenvalue weighted by Crippen LogP contribution is -2.62. The first-order valence-corrected chi connectivity index (χ1v) is 13.9. The second-order valence-corrected chi connectivity index (χ2v) is 12.1. The molecule has 202 valence electrons. The van der Waals surface area contributed by atoms with Crippen LogP contribution in [-0.4, -0.2) is 49.2 Å². The molecular weight excluding hydrogens is 494 g/mol. The summed E-state index contributed by atoms with van der Waals surface area (Å²) < 4.78 is 7.96. The maximum absolute atomic E-state index is 11.7. The van der Waals surface area contributed by atoms with Gasteiger partial charge in [0.25, 0.3) is 0 Å². The number of nitrogens with zero attached hydrogens (tertiary/aromatic N) is 5. The van der Waals surface area contributed by atoms with Crippen molar-refractivity contribution in [2.45, 2.75) is 63.8 Å². The average molecular weight is 528 g/mol. The summed E-state index contributed by atoms with van der Waals surface area (Å²) in [7, 11) is 0. The van der Waals surface area contributed by atoms with Crippen LogP contribution in [0.5, 0.6) is 5.75 Å². The van der Waals surface area contributed by atoms with Crippen molar-refractivity contribution in [1.29, 1.82) is 0 Å². The largest absolute Gasteiger partial charge is 0.507 e. The molecule has 4 heterocycles. The molecule has 1 atom stereocenters. The minimum atomic E-state index is -0.881. The van der Waals surface area contributed by atoms with Crippen molar-refractivity contribution in [2.24, 2.45) is 11.3 Å². The summed E-state index contributed by atoms with van der Waals surface area (Å²) in [6, 6.07) is 13.9. The lowest BCUT2D eigenvalue weighted by atomic mass is 9.57. The maximum Gasteiger partial charge on any atom is 0.314 e.